The van der Waals surface area contributed by atoms with Gasteiger partial charge in [0, 0.05) is 12.3 Å². The maximum Gasteiger partial charge on any atom is 0.240 e. The predicted molar refractivity (Wildman–Crippen MR) is 93.9 cm³/mol. The molecule has 0 spiro atoms. The van der Waals surface area contributed by atoms with Crippen molar-refractivity contribution < 1.29 is 8.94 Å². The van der Waals surface area contributed by atoms with Gasteiger partial charge in [0.25, 0.3) is 0 Å². The van der Waals surface area contributed by atoms with Gasteiger partial charge in [0.15, 0.2) is 5.82 Å². The van der Waals surface area contributed by atoms with Crippen LogP contribution in [-0.2, 0) is 19.5 Å². The van der Waals surface area contributed by atoms with Gasteiger partial charge in [-0.05, 0) is 37.1 Å². The molecule has 0 N–H and O–H groups in total. The molecule has 2 atom stereocenters. The molecule has 1 aliphatic rings. The van der Waals surface area contributed by atoms with Crippen LogP contribution in [0.15, 0.2) is 51.4 Å². The third-order valence-corrected chi connectivity index (χ3v) is 4.70. The standard InChI is InChI=1S/C20H23N3O2/c1-14-10-17(14)18-9-8-16(24-18)12-23(2)13-20-21-19(22-25-20)11-15-6-4-3-5-7-15/h3-9,14,17H,10-13H2,1-2H3. The first-order chi connectivity index (χ1) is 12.2. The summed E-state index contributed by atoms with van der Waals surface area (Å²) in [5, 5.41) is 4.08. The van der Waals surface area contributed by atoms with Gasteiger partial charge in [0.1, 0.15) is 11.5 Å². The van der Waals surface area contributed by atoms with E-state index < -0.39 is 0 Å². The van der Waals surface area contributed by atoms with Crippen LogP contribution in [0.4, 0.5) is 0 Å². The lowest BCUT2D eigenvalue weighted by molar-refractivity contribution is 0.242. The van der Waals surface area contributed by atoms with Gasteiger partial charge in [0.05, 0.1) is 13.1 Å². The van der Waals surface area contributed by atoms with E-state index in [1.54, 1.807) is 0 Å². The molecule has 0 bridgehead atoms. The second kappa shape index (κ2) is 6.84. The minimum Gasteiger partial charge on any atom is -0.464 e. The average molecular weight is 337 g/mol. The number of benzene rings is 1. The normalized spacial score (nSPS) is 19.5. The van der Waals surface area contributed by atoms with E-state index in [0.717, 1.165) is 29.8 Å². The van der Waals surface area contributed by atoms with Crippen molar-refractivity contribution in [3.05, 3.63) is 71.3 Å². The quantitative estimate of drug-likeness (QED) is 0.652. The molecule has 130 valence electrons. The Balaban J connectivity index is 1.32. The summed E-state index contributed by atoms with van der Waals surface area (Å²) >= 11 is 0. The Morgan fingerprint density at radius 1 is 1.12 bits per heavy atom. The SMILES string of the molecule is CC1CC1c1ccc(CN(C)Cc2nc(Cc3ccccc3)no2)o1. The lowest BCUT2D eigenvalue weighted by atomic mass is 10.1. The molecular formula is C20H23N3O2. The van der Waals surface area contributed by atoms with Crippen LogP contribution in [0.2, 0.25) is 0 Å². The van der Waals surface area contributed by atoms with Crippen LogP contribution >= 0.6 is 0 Å². The Labute approximate surface area is 147 Å². The molecule has 5 nitrogen and oxygen atoms in total. The van der Waals surface area contributed by atoms with E-state index in [1.807, 2.05) is 25.2 Å². The van der Waals surface area contributed by atoms with E-state index in [0.29, 0.717) is 24.8 Å². The van der Waals surface area contributed by atoms with E-state index >= 15 is 0 Å². The molecule has 1 aliphatic carbocycles. The minimum atomic E-state index is 0.609. The van der Waals surface area contributed by atoms with Gasteiger partial charge in [-0.25, -0.2) is 0 Å². The van der Waals surface area contributed by atoms with E-state index in [-0.39, 0.29) is 0 Å². The molecule has 3 aromatic rings. The van der Waals surface area contributed by atoms with Crippen LogP contribution in [0.5, 0.6) is 0 Å². The molecule has 0 saturated heterocycles. The Kier molecular flexibility index (Phi) is 4.40. The minimum absolute atomic E-state index is 0.609. The number of nitrogens with zero attached hydrogens (tertiary/aromatic N) is 3. The Morgan fingerprint density at radius 3 is 2.68 bits per heavy atom. The number of hydrogen-bond donors (Lipinski definition) is 0. The molecule has 1 fully saturated rings. The number of rotatable bonds is 7. The van der Waals surface area contributed by atoms with Crippen molar-refractivity contribution in [2.75, 3.05) is 7.05 Å². The van der Waals surface area contributed by atoms with Crippen LogP contribution in [0.3, 0.4) is 0 Å². The van der Waals surface area contributed by atoms with Gasteiger partial charge in [-0.2, -0.15) is 4.98 Å². The molecule has 0 radical (unpaired) electrons. The smallest absolute Gasteiger partial charge is 0.240 e. The Bertz CT molecular complexity index is 824. The zero-order valence-corrected chi connectivity index (χ0v) is 14.7. The highest BCUT2D eigenvalue weighted by Gasteiger charge is 2.36. The fourth-order valence-electron chi connectivity index (χ4n) is 3.15. The summed E-state index contributed by atoms with van der Waals surface area (Å²) in [6.45, 7) is 3.61. The summed E-state index contributed by atoms with van der Waals surface area (Å²) < 4.78 is 11.3. The van der Waals surface area contributed by atoms with Gasteiger partial charge in [-0.3, -0.25) is 4.90 Å². The number of aromatic nitrogens is 2. The molecule has 2 aromatic heterocycles. The summed E-state index contributed by atoms with van der Waals surface area (Å²) in [6, 6.07) is 14.4. The lowest BCUT2D eigenvalue weighted by Gasteiger charge is -2.11. The van der Waals surface area contributed by atoms with Gasteiger partial charge < -0.3 is 8.94 Å². The van der Waals surface area contributed by atoms with Crippen LogP contribution in [0.1, 0.15) is 48.1 Å². The number of furan rings is 1. The highest BCUT2D eigenvalue weighted by atomic mass is 16.5. The van der Waals surface area contributed by atoms with Crippen molar-refractivity contribution in [3.8, 4) is 0 Å². The second-order valence-electron chi connectivity index (χ2n) is 7.06. The lowest BCUT2D eigenvalue weighted by Crippen LogP contribution is -2.17. The predicted octanol–water partition coefficient (Wildman–Crippen LogP) is 4.01. The highest BCUT2D eigenvalue weighted by molar-refractivity contribution is 5.19. The zero-order chi connectivity index (χ0) is 17.2. The number of hydrogen-bond acceptors (Lipinski definition) is 5. The highest BCUT2D eigenvalue weighted by Crippen LogP contribution is 2.47. The van der Waals surface area contributed by atoms with Crippen LogP contribution in [0.25, 0.3) is 0 Å². The van der Waals surface area contributed by atoms with E-state index in [9.17, 15) is 0 Å². The van der Waals surface area contributed by atoms with Gasteiger partial charge in [0.2, 0.25) is 5.89 Å². The monoisotopic (exact) mass is 337 g/mol. The van der Waals surface area contributed by atoms with Gasteiger partial charge in [-0.1, -0.05) is 42.4 Å². The van der Waals surface area contributed by atoms with Crippen molar-refractivity contribution in [3.63, 3.8) is 0 Å². The maximum atomic E-state index is 5.96. The van der Waals surface area contributed by atoms with Crippen LogP contribution in [-0.4, -0.2) is 22.1 Å². The Hall–Kier alpha value is -2.40. The van der Waals surface area contributed by atoms with E-state index in [4.69, 9.17) is 8.94 Å². The third-order valence-electron chi connectivity index (χ3n) is 4.70. The summed E-state index contributed by atoms with van der Waals surface area (Å²) in [5.74, 6) is 4.85. The molecule has 2 heterocycles. The van der Waals surface area contributed by atoms with Crippen molar-refractivity contribution in [2.45, 2.75) is 38.8 Å². The summed E-state index contributed by atoms with van der Waals surface area (Å²) in [6.07, 6.45) is 1.93. The molecule has 25 heavy (non-hydrogen) atoms. The van der Waals surface area contributed by atoms with E-state index in [1.165, 1.54) is 12.0 Å². The van der Waals surface area contributed by atoms with Crippen molar-refractivity contribution >= 4 is 0 Å². The largest absolute Gasteiger partial charge is 0.464 e. The van der Waals surface area contributed by atoms with E-state index in [2.05, 4.69) is 46.2 Å². The van der Waals surface area contributed by atoms with Crippen LogP contribution in [0, 0.1) is 5.92 Å². The fourth-order valence-corrected chi connectivity index (χ4v) is 3.15. The summed E-state index contributed by atoms with van der Waals surface area (Å²) in [5.41, 5.74) is 1.18. The van der Waals surface area contributed by atoms with Crippen molar-refractivity contribution in [1.29, 1.82) is 0 Å². The topological polar surface area (TPSA) is 55.3 Å². The molecule has 0 amide bonds. The van der Waals surface area contributed by atoms with Gasteiger partial charge in [-0.15, -0.1) is 0 Å². The maximum absolute atomic E-state index is 5.96. The third kappa shape index (κ3) is 3.99. The first kappa shape index (κ1) is 16.1. The molecule has 2 unspecified atom stereocenters. The molecule has 1 saturated carbocycles. The van der Waals surface area contributed by atoms with Gasteiger partial charge >= 0.3 is 0 Å². The average Bonchev–Trinajstić information content (AvgIpc) is 2.97. The zero-order valence-electron chi connectivity index (χ0n) is 14.7. The summed E-state index contributed by atoms with van der Waals surface area (Å²) in [7, 11) is 2.03. The van der Waals surface area contributed by atoms with Crippen molar-refractivity contribution in [1.82, 2.24) is 15.0 Å². The fraction of sp³-hybridized carbons (Fsp3) is 0.400. The molecule has 5 heteroatoms. The first-order valence-electron chi connectivity index (χ1n) is 8.80. The molecule has 4 rings (SSSR count). The van der Waals surface area contributed by atoms with Crippen LogP contribution < -0.4 is 0 Å². The second-order valence-corrected chi connectivity index (χ2v) is 7.06. The Morgan fingerprint density at radius 2 is 1.92 bits per heavy atom. The first-order valence-corrected chi connectivity index (χ1v) is 8.80. The summed E-state index contributed by atoms with van der Waals surface area (Å²) in [4.78, 5) is 6.61. The molecular weight excluding hydrogens is 314 g/mol. The molecule has 0 aliphatic heterocycles. The molecule has 1 aromatic carbocycles. The van der Waals surface area contributed by atoms with Crippen molar-refractivity contribution in [2.24, 2.45) is 5.92 Å².